The monoisotopic (exact) mass is 812 g/mol. The third-order valence-electron chi connectivity index (χ3n) is 1.81. The van der Waals surface area contributed by atoms with Gasteiger partial charge in [0.15, 0.2) is 0 Å². The Bertz CT molecular complexity index is 1080. The second-order valence-corrected chi connectivity index (χ2v) is 16.6. The van der Waals surface area contributed by atoms with E-state index in [2.05, 4.69) is 34.9 Å². The molecule has 6 atom stereocenters. The van der Waals surface area contributed by atoms with E-state index in [4.69, 9.17) is 24.5 Å². The van der Waals surface area contributed by atoms with Crippen molar-refractivity contribution in [3.8, 4) is 0 Å². The molecule has 0 saturated heterocycles. The van der Waals surface area contributed by atoms with Crippen LogP contribution in [-0.4, -0.2) is 37.7 Å². The second kappa shape index (κ2) is 22.8. The van der Waals surface area contributed by atoms with Crippen molar-refractivity contribution in [3.63, 3.8) is 0 Å². The number of hydrogen-bond donors (Lipinski definition) is 5. The van der Waals surface area contributed by atoms with Gasteiger partial charge in [-0.1, -0.05) is 0 Å². The summed E-state index contributed by atoms with van der Waals surface area (Å²) < 4.78 is 114. The largest absolute Gasteiger partial charge is 1.00 e. The molecule has 0 aromatic carbocycles. The topological polar surface area (TPSA) is 427 Å². The standard InChI is InChI=1S/C2H14O26P8.5Na/c3-29(4,5)23-33(13,14)27-35(17,18)25-31(9,10)21-1-2-22-32(11,12)26-36(19,20)28-34(15,16)24-30(6,7)8;;;;;/h1-2H2,(H,9,10)(H,11,12)(H,13,14)(H,15,16)(H,17,18)(H,19,20)(H2,3,4,5)(H2,6,7,8);;;;;/q;5*+1/p-5. The maximum atomic E-state index is 11.5. The molecule has 0 aliphatic rings. The smallest absolute Gasteiger partial charge is 0.790 e. The third kappa shape index (κ3) is 34.4. The molecular weight excluding hydrogens is 803 g/mol. The summed E-state index contributed by atoms with van der Waals surface area (Å²) in [5, 5.41) is 0. The molecule has 41 heavy (non-hydrogen) atoms. The Morgan fingerprint density at radius 3 is 1.12 bits per heavy atom. The number of phosphoric acid groups is 8. The molecule has 0 saturated carbocycles. The van der Waals surface area contributed by atoms with E-state index >= 15 is 0 Å². The molecule has 0 heterocycles. The molecule has 0 aliphatic carbocycles. The van der Waals surface area contributed by atoms with Gasteiger partial charge in [-0.2, -0.15) is 12.9 Å². The summed E-state index contributed by atoms with van der Waals surface area (Å²) in [6, 6.07) is 0. The third-order valence-corrected chi connectivity index (χ3v) is 12.6. The molecule has 0 rings (SSSR count). The predicted molar refractivity (Wildman–Crippen MR) is 90.4 cm³/mol. The summed E-state index contributed by atoms with van der Waals surface area (Å²) in [5.41, 5.74) is 0. The molecule has 0 aromatic heterocycles. The van der Waals surface area contributed by atoms with E-state index in [1.165, 1.54) is 0 Å². The second-order valence-electron chi connectivity index (χ2n) is 4.84. The Balaban J connectivity index is -0.000000612. The molecule has 5 N–H and O–H groups in total. The van der Waals surface area contributed by atoms with Gasteiger partial charge >= 0.3 is 179 Å². The van der Waals surface area contributed by atoms with Gasteiger partial charge in [-0.3, -0.25) is 22.5 Å². The van der Waals surface area contributed by atoms with E-state index in [9.17, 15) is 61.0 Å². The van der Waals surface area contributed by atoms with Crippen molar-refractivity contribution in [1.82, 2.24) is 0 Å². The van der Waals surface area contributed by atoms with Crippen molar-refractivity contribution in [1.29, 1.82) is 0 Å². The minimum atomic E-state index is -6.59. The minimum Gasteiger partial charge on any atom is -0.790 e. The van der Waals surface area contributed by atoms with Gasteiger partial charge in [0, 0.05) is 0 Å². The van der Waals surface area contributed by atoms with E-state index in [0.717, 1.165) is 0 Å². The Morgan fingerprint density at radius 2 is 0.732 bits per heavy atom. The van der Waals surface area contributed by atoms with Crippen molar-refractivity contribution in [3.05, 3.63) is 0 Å². The summed E-state index contributed by atoms with van der Waals surface area (Å²) in [4.78, 5) is 97.3. The molecule has 39 heteroatoms. The number of phosphoric ester groups is 2. The van der Waals surface area contributed by atoms with Crippen LogP contribution in [0.5, 0.6) is 0 Å². The molecule has 0 aliphatic heterocycles. The van der Waals surface area contributed by atoms with Crippen molar-refractivity contribution in [2.24, 2.45) is 0 Å². The molecule has 218 valence electrons. The van der Waals surface area contributed by atoms with E-state index < -0.39 is 75.8 Å². The minimum absolute atomic E-state index is 0. The summed E-state index contributed by atoms with van der Waals surface area (Å²) in [6.07, 6.45) is 0. The molecule has 0 aromatic rings. The molecular formula is C2H9Na5O26P8. The molecule has 26 nitrogen and oxygen atoms in total. The summed E-state index contributed by atoms with van der Waals surface area (Å²) in [7, 11) is -49.7. The van der Waals surface area contributed by atoms with Gasteiger partial charge in [-0.25, -0.2) is 26.9 Å². The number of hydrogen-bond acceptors (Lipinski definition) is 21. The van der Waals surface area contributed by atoms with E-state index in [-0.39, 0.29) is 148 Å². The first-order chi connectivity index (χ1) is 15.4. The van der Waals surface area contributed by atoms with Crippen LogP contribution in [0, 0.1) is 0 Å². The summed E-state index contributed by atoms with van der Waals surface area (Å²) >= 11 is 0. The van der Waals surface area contributed by atoms with Crippen LogP contribution >= 0.6 is 62.6 Å². The molecule has 0 radical (unpaired) electrons. The molecule has 0 fully saturated rings. The van der Waals surface area contributed by atoms with E-state index in [1.807, 2.05) is 0 Å². The fourth-order valence-electron chi connectivity index (χ4n) is 1.17. The predicted octanol–water partition coefficient (Wildman–Crippen LogP) is -18.2. The molecule has 0 spiro atoms. The van der Waals surface area contributed by atoms with Crippen LogP contribution in [0.1, 0.15) is 0 Å². The zero-order valence-corrected chi connectivity index (χ0v) is 38.0. The van der Waals surface area contributed by atoms with Gasteiger partial charge in [0.25, 0.3) is 23.5 Å². The average molecular weight is 812 g/mol. The van der Waals surface area contributed by atoms with Crippen molar-refractivity contribution >= 4 is 62.6 Å². The normalized spacial score (nSPS) is 20.4. The van der Waals surface area contributed by atoms with Gasteiger partial charge < -0.3 is 58.0 Å². The van der Waals surface area contributed by atoms with Crippen molar-refractivity contribution in [2.45, 2.75) is 0 Å². The Morgan fingerprint density at radius 1 is 0.415 bits per heavy atom. The fourth-order valence-corrected chi connectivity index (χ4v) is 9.80. The van der Waals surface area contributed by atoms with Gasteiger partial charge in [0.2, 0.25) is 0 Å². The van der Waals surface area contributed by atoms with Gasteiger partial charge in [0.05, 0.1) is 21.0 Å². The van der Waals surface area contributed by atoms with Crippen molar-refractivity contribution in [2.75, 3.05) is 13.2 Å². The zero-order valence-electron chi connectivity index (χ0n) is 20.8. The van der Waals surface area contributed by atoms with Crippen LogP contribution in [0.15, 0.2) is 0 Å². The Labute approximate surface area is 338 Å². The maximum absolute atomic E-state index is 11.5. The SMILES string of the molecule is O=P([O-])([O-])OP(=O)([O-])OP(=O)([O-])OP(=O)([O-])OCCOP(=O)(O)OP(=O)(O)OP(=O)(O)OP(=O)(O)O.[Na+].[Na+].[Na+].[Na+].[Na+]. The fraction of sp³-hybridized carbons (Fsp3) is 1.00. The first kappa shape index (κ1) is 59.3. The van der Waals surface area contributed by atoms with Gasteiger partial charge in [-0.15, -0.1) is 0 Å². The van der Waals surface area contributed by atoms with E-state index in [1.54, 1.807) is 0 Å². The summed E-state index contributed by atoms with van der Waals surface area (Å²) in [5.74, 6) is 0. The van der Waals surface area contributed by atoms with Crippen molar-refractivity contribution < 1.29 is 268 Å². The first-order valence-electron chi connectivity index (χ1n) is 7.01. The van der Waals surface area contributed by atoms with Crippen LogP contribution in [-0.2, 0) is 71.4 Å². The average Bonchev–Trinajstić information content (AvgIpc) is 2.40. The van der Waals surface area contributed by atoms with E-state index in [0.29, 0.717) is 0 Å². The first-order valence-corrected chi connectivity index (χ1v) is 18.9. The van der Waals surface area contributed by atoms with Crippen LogP contribution in [0.4, 0.5) is 0 Å². The Hall–Kier alpha value is 6.12. The number of rotatable bonds is 17. The maximum Gasteiger partial charge on any atom is 1.00 e. The quantitative estimate of drug-likeness (QED) is 0.0517. The Kier molecular flexibility index (Phi) is 33.0. The van der Waals surface area contributed by atoms with Crippen LogP contribution in [0.25, 0.3) is 0 Å². The van der Waals surface area contributed by atoms with Crippen LogP contribution < -0.4 is 172 Å². The molecule has 6 unspecified atom stereocenters. The zero-order chi connectivity index (χ0) is 29.1. The molecule has 0 amide bonds. The molecule has 0 bridgehead atoms. The summed E-state index contributed by atoms with van der Waals surface area (Å²) in [6.45, 7) is -3.06. The van der Waals surface area contributed by atoms with Gasteiger partial charge in [0.1, 0.15) is 0 Å². The van der Waals surface area contributed by atoms with Crippen LogP contribution in [0.3, 0.4) is 0 Å². The van der Waals surface area contributed by atoms with Crippen LogP contribution in [0.2, 0.25) is 0 Å². The van der Waals surface area contributed by atoms with Gasteiger partial charge in [-0.05, 0) is 0 Å².